The van der Waals surface area contributed by atoms with Gasteiger partial charge in [-0.2, -0.15) is 0 Å². The summed E-state index contributed by atoms with van der Waals surface area (Å²) in [6.07, 6.45) is 4.33. The second kappa shape index (κ2) is 10.1. The van der Waals surface area contributed by atoms with Crippen LogP contribution in [0.4, 0.5) is 14.5 Å². The van der Waals surface area contributed by atoms with E-state index >= 15 is 0 Å². The molecule has 1 atom stereocenters. The Morgan fingerprint density at radius 3 is 2.59 bits per heavy atom. The van der Waals surface area contributed by atoms with Gasteiger partial charge in [0.05, 0.1) is 16.3 Å². The summed E-state index contributed by atoms with van der Waals surface area (Å²) in [5.74, 6) is -3.24. The molecule has 2 N–H and O–H groups in total. The number of nitrogens with zero attached hydrogens (tertiary/aromatic N) is 2. The van der Waals surface area contributed by atoms with Crippen molar-refractivity contribution in [3.05, 3.63) is 92.7 Å². The molecule has 192 valence electrons. The van der Waals surface area contributed by atoms with Crippen molar-refractivity contribution in [2.24, 2.45) is 5.92 Å². The molecular weight excluding hydrogens is 568 g/mol. The number of pyridine rings is 1. The topological polar surface area (TPSA) is 82.5 Å². The highest BCUT2D eigenvalue weighted by Crippen LogP contribution is 2.46. The molecular formula is C27H23BrClF2N3O3. The predicted molar refractivity (Wildman–Crippen MR) is 138 cm³/mol. The number of carbonyl (C=O) groups excluding carboxylic acids is 2. The molecule has 6 nitrogen and oxygen atoms in total. The molecule has 3 aromatic rings. The van der Waals surface area contributed by atoms with Crippen LogP contribution in [0, 0.1) is 17.6 Å². The highest BCUT2D eigenvalue weighted by Gasteiger charge is 2.53. The number of rotatable bonds is 5. The van der Waals surface area contributed by atoms with Crippen molar-refractivity contribution in [1.82, 2.24) is 10.3 Å². The third-order valence-corrected chi connectivity index (χ3v) is 7.99. The van der Waals surface area contributed by atoms with Gasteiger partial charge in [-0.25, -0.2) is 13.8 Å². The van der Waals surface area contributed by atoms with Crippen molar-refractivity contribution in [3.63, 3.8) is 0 Å². The smallest absolute Gasteiger partial charge is 0.268 e. The Labute approximate surface area is 225 Å². The van der Waals surface area contributed by atoms with E-state index in [4.69, 9.17) is 11.6 Å². The quantitative estimate of drug-likeness (QED) is 0.393. The van der Waals surface area contributed by atoms with Crippen molar-refractivity contribution in [2.45, 2.75) is 37.3 Å². The number of hydrogen-bond donors (Lipinski definition) is 2. The standard InChI is InChI=1S/C27H23BrClF2N3O3/c28-24-18(12-16(29)13-32-24)25(35)33-17-10-8-15(9-11-17)14-34-22-7-2-1-4-19(22)27(37,26(34)36)20-5-3-6-21(30)23(20)31/h1-7,12-13,15,17,37H,8-11,14H2,(H,33,35)/t15-,17-,27?. The van der Waals surface area contributed by atoms with Crippen LogP contribution in [-0.4, -0.2) is 34.5 Å². The fraction of sp³-hybridized carbons (Fsp3) is 0.296. The van der Waals surface area contributed by atoms with Crippen LogP contribution in [0.3, 0.4) is 0 Å². The van der Waals surface area contributed by atoms with Gasteiger partial charge in [-0.15, -0.1) is 0 Å². The molecule has 37 heavy (non-hydrogen) atoms. The Hall–Kier alpha value is -2.88. The largest absolute Gasteiger partial charge is 0.372 e. The minimum Gasteiger partial charge on any atom is -0.372 e. The molecule has 2 heterocycles. The number of aliphatic hydroxyl groups is 1. The van der Waals surface area contributed by atoms with E-state index < -0.39 is 28.7 Å². The zero-order valence-corrected chi connectivity index (χ0v) is 21.9. The second-order valence-electron chi connectivity index (χ2n) is 9.43. The van der Waals surface area contributed by atoms with Gasteiger partial charge >= 0.3 is 0 Å². The fourth-order valence-corrected chi connectivity index (χ4v) is 5.81. The molecule has 1 unspecified atom stereocenters. The van der Waals surface area contributed by atoms with Crippen molar-refractivity contribution in [2.75, 3.05) is 11.4 Å². The number of hydrogen-bond acceptors (Lipinski definition) is 4. The van der Waals surface area contributed by atoms with E-state index in [1.807, 2.05) is 0 Å². The van der Waals surface area contributed by atoms with Gasteiger partial charge in [0, 0.05) is 29.9 Å². The highest BCUT2D eigenvalue weighted by molar-refractivity contribution is 9.10. The van der Waals surface area contributed by atoms with Crippen molar-refractivity contribution < 1.29 is 23.5 Å². The van der Waals surface area contributed by atoms with Crippen LogP contribution < -0.4 is 10.2 Å². The normalized spacial score (nSPS) is 23.2. The summed E-state index contributed by atoms with van der Waals surface area (Å²) in [5.41, 5.74) is -1.65. The first-order valence-electron chi connectivity index (χ1n) is 11.9. The minimum atomic E-state index is -2.31. The fourth-order valence-electron chi connectivity index (χ4n) is 5.25. The van der Waals surface area contributed by atoms with E-state index in [9.17, 15) is 23.5 Å². The maximum absolute atomic E-state index is 14.7. The lowest BCUT2D eigenvalue weighted by molar-refractivity contribution is -0.132. The molecule has 2 aromatic carbocycles. The molecule has 1 aromatic heterocycles. The third-order valence-electron chi connectivity index (χ3n) is 7.15. The number of nitrogens with one attached hydrogen (secondary N) is 1. The predicted octanol–water partition coefficient (Wildman–Crippen LogP) is 5.35. The molecule has 5 rings (SSSR count). The lowest BCUT2D eigenvalue weighted by Crippen LogP contribution is -2.45. The Bertz CT molecular complexity index is 1380. The van der Waals surface area contributed by atoms with Crippen LogP contribution in [0.15, 0.2) is 59.3 Å². The van der Waals surface area contributed by atoms with Crippen molar-refractivity contribution >= 4 is 45.0 Å². The van der Waals surface area contributed by atoms with Crippen molar-refractivity contribution in [3.8, 4) is 0 Å². The van der Waals surface area contributed by atoms with Crippen LogP contribution in [0.2, 0.25) is 5.02 Å². The van der Waals surface area contributed by atoms with Crippen LogP contribution in [-0.2, 0) is 10.4 Å². The van der Waals surface area contributed by atoms with Gasteiger partial charge in [0.1, 0.15) is 4.60 Å². The summed E-state index contributed by atoms with van der Waals surface area (Å²) in [6, 6.07) is 11.6. The van der Waals surface area contributed by atoms with Crippen molar-refractivity contribution in [1.29, 1.82) is 0 Å². The zero-order chi connectivity index (χ0) is 26.3. The summed E-state index contributed by atoms with van der Waals surface area (Å²) < 4.78 is 29.1. The van der Waals surface area contributed by atoms with Gasteiger partial charge in [0.25, 0.3) is 11.8 Å². The molecule has 0 spiro atoms. The molecule has 1 aliphatic heterocycles. The molecule has 2 amide bonds. The number of halogens is 4. The first-order valence-corrected chi connectivity index (χ1v) is 13.1. The number of para-hydroxylation sites is 1. The number of aromatic nitrogens is 1. The van der Waals surface area contributed by atoms with Gasteiger partial charge in [0.15, 0.2) is 17.2 Å². The van der Waals surface area contributed by atoms with Crippen LogP contribution >= 0.6 is 27.5 Å². The summed E-state index contributed by atoms with van der Waals surface area (Å²) in [4.78, 5) is 31.8. The minimum absolute atomic E-state index is 0.0467. The molecule has 1 fully saturated rings. The molecule has 0 saturated heterocycles. The second-order valence-corrected chi connectivity index (χ2v) is 10.6. The maximum atomic E-state index is 14.7. The summed E-state index contributed by atoms with van der Waals surface area (Å²) in [7, 11) is 0. The first kappa shape index (κ1) is 25.8. The Morgan fingerprint density at radius 2 is 1.84 bits per heavy atom. The first-order chi connectivity index (χ1) is 17.7. The summed E-state index contributed by atoms with van der Waals surface area (Å²) >= 11 is 9.25. The van der Waals surface area contributed by atoms with E-state index in [0.29, 0.717) is 40.3 Å². The molecule has 1 saturated carbocycles. The van der Waals surface area contributed by atoms with E-state index in [1.165, 1.54) is 23.2 Å². The number of amides is 2. The van der Waals surface area contributed by atoms with Gasteiger partial charge < -0.3 is 15.3 Å². The Morgan fingerprint density at radius 1 is 1.14 bits per heavy atom. The van der Waals surface area contributed by atoms with E-state index in [-0.39, 0.29) is 23.4 Å². The summed E-state index contributed by atoms with van der Waals surface area (Å²) in [6.45, 7) is 0.319. The molecule has 1 aliphatic carbocycles. The summed E-state index contributed by atoms with van der Waals surface area (Å²) in [5, 5.41) is 14.9. The molecule has 2 aliphatic rings. The average molecular weight is 591 g/mol. The average Bonchev–Trinajstić information content (AvgIpc) is 3.10. The van der Waals surface area contributed by atoms with Gasteiger partial charge in [-0.3, -0.25) is 9.59 Å². The number of carbonyl (C=O) groups is 2. The van der Waals surface area contributed by atoms with Gasteiger partial charge in [-0.05, 0) is 65.7 Å². The Kier molecular flexibility index (Phi) is 7.04. The lowest BCUT2D eigenvalue weighted by Gasteiger charge is -2.32. The Balaban J connectivity index is 1.29. The van der Waals surface area contributed by atoms with Gasteiger partial charge in [0.2, 0.25) is 0 Å². The van der Waals surface area contributed by atoms with E-state index in [2.05, 4.69) is 26.2 Å². The van der Waals surface area contributed by atoms with Crippen LogP contribution in [0.5, 0.6) is 0 Å². The number of fused-ring (bicyclic) bond motifs is 1. The lowest BCUT2D eigenvalue weighted by atomic mass is 9.85. The third kappa shape index (κ3) is 4.64. The van der Waals surface area contributed by atoms with E-state index in [0.717, 1.165) is 18.9 Å². The number of benzene rings is 2. The van der Waals surface area contributed by atoms with E-state index in [1.54, 1.807) is 30.3 Å². The number of anilines is 1. The molecule has 10 heteroatoms. The zero-order valence-electron chi connectivity index (χ0n) is 19.6. The maximum Gasteiger partial charge on any atom is 0.268 e. The molecule has 0 bridgehead atoms. The van der Waals surface area contributed by atoms with Gasteiger partial charge in [-0.1, -0.05) is 41.9 Å². The van der Waals surface area contributed by atoms with Crippen LogP contribution in [0.25, 0.3) is 0 Å². The van der Waals surface area contributed by atoms with Crippen LogP contribution in [0.1, 0.15) is 47.2 Å². The SMILES string of the molecule is O=C(N[C@H]1CC[C@H](CN2C(=O)C(O)(c3cccc(F)c3F)c3ccccc32)CC1)c1cc(Cl)cnc1Br. The molecule has 0 radical (unpaired) electrons. The highest BCUT2D eigenvalue weighted by atomic mass is 79.9. The monoisotopic (exact) mass is 589 g/mol.